The summed E-state index contributed by atoms with van der Waals surface area (Å²) in [4.78, 5) is 23.3. The lowest BCUT2D eigenvalue weighted by Crippen LogP contribution is -2.28. The number of rotatable bonds is 12. The van der Waals surface area contributed by atoms with Crippen molar-refractivity contribution in [1.82, 2.24) is 23.4 Å². The third kappa shape index (κ3) is 6.22. The van der Waals surface area contributed by atoms with Crippen LogP contribution >= 0.6 is 11.7 Å². The fourth-order valence-corrected chi connectivity index (χ4v) is 4.52. The largest absolute Gasteiger partial charge is 0.357 e. The smallest absolute Gasteiger partial charge is 0.302 e. The van der Waals surface area contributed by atoms with E-state index >= 15 is 0 Å². The van der Waals surface area contributed by atoms with Gasteiger partial charge in [-0.1, -0.05) is 66.7 Å². The summed E-state index contributed by atoms with van der Waals surface area (Å²) >= 11 is 1.02. The van der Waals surface area contributed by atoms with Gasteiger partial charge in [0, 0.05) is 43.1 Å². The van der Waals surface area contributed by atoms with E-state index in [0.29, 0.717) is 12.4 Å². The second kappa shape index (κ2) is 12.0. The third-order valence-electron chi connectivity index (χ3n) is 5.87. The molecule has 0 aliphatic heterocycles. The summed E-state index contributed by atoms with van der Waals surface area (Å²) in [6, 6.07) is 26.5. The molecule has 0 aliphatic rings. The number of pyridine rings is 1. The van der Waals surface area contributed by atoms with Crippen LogP contribution in [0.25, 0.3) is 11.3 Å². The van der Waals surface area contributed by atoms with Crippen LogP contribution in [0, 0.1) is 0 Å². The molecule has 2 aromatic carbocycles. The van der Waals surface area contributed by atoms with Gasteiger partial charge >= 0.3 is 5.56 Å². The first-order valence-corrected chi connectivity index (χ1v) is 12.9. The van der Waals surface area contributed by atoms with Crippen LogP contribution in [0.3, 0.4) is 0 Å². The van der Waals surface area contributed by atoms with Crippen LogP contribution in [-0.4, -0.2) is 36.5 Å². The lowest BCUT2D eigenvalue weighted by molar-refractivity contribution is 0.696. The van der Waals surface area contributed by atoms with Gasteiger partial charge in [-0.15, -0.1) is 0 Å². The molecule has 5 aromatic rings. The van der Waals surface area contributed by atoms with Crippen LogP contribution in [0.5, 0.6) is 0 Å². The standard InChI is InChI=1S/C27H28N8OS/c36-27-26(32-37-33-27)30-19-25-29-18-23(22-12-5-2-6-13-22)35(25)31-16-9-17-34(24-14-7-8-15-28-24)20-21-10-3-1-4-11-21/h1-8,10-15,18,31H,9,16-17,19-20H2,(H,30,32)(H,33,36). The van der Waals surface area contributed by atoms with Gasteiger partial charge in [0.25, 0.3) is 0 Å². The highest BCUT2D eigenvalue weighted by molar-refractivity contribution is 6.99. The normalized spacial score (nSPS) is 10.8. The molecule has 3 N–H and O–H groups in total. The van der Waals surface area contributed by atoms with E-state index in [4.69, 9.17) is 0 Å². The van der Waals surface area contributed by atoms with Crippen LogP contribution in [0.15, 0.2) is 96.1 Å². The number of anilines is 2. The van der Waals surface area contributed by atoms with E-state index in [0.717, 1.165) is 60.7 Å². The molecule has 3 heterocycles. The van der Waals surface area contributed by atoms with Crippen LogP contribution < -0.4 is 21.2 Å². The van der Waals surface area contributed by atoms with Crippen molar-refractivity contribution < 1.29 is 0 Å². The molecule has 0 saturated carbocycles. The van der Waals surface area contributed by atoms with E-state index in [2.05, 4.69) is 70.8 Å². The fraction of sp³-hybridized carbons (Fsp3) is 0.185. The second-order valence-corrected chi connectivity index (χ2v) is 9.00. The lowest BCUT2D eigenvalue weighted by Gasteiger charge is -2.24. The van der Waals surface area contributed by atoms with Crippen molar-refractivity contribution in [2.24, 2.45) is 0 Å². The average molecular weight is 513 g/mol. The molecule has 0 radical (unpaired) electrons. The maximum Gasteiger partial charge on any atom is 0.302 e. The first kappa shape index (κ1) is 24.3. The Balaban J connectivity index is 1.28. The molecule has 0 aliphatic carbocycles. The zero-order chi connectivity index (χ0) is 25.3. The summed E-state index contributed by atoms with van der Waals surface area (Å²) in [7, 11) is 0. The second-order valence-electron chi connectivity index (χ2n) is 8.43. The Morgan fingerprint density at radius 1 is 0.946 bits per heavy atom. The molecule has 3 aromatic heterocycles. The number of imidazole rings is 1. The van der Waals surface area contributed by atoms with Gasteiger partial charge in [0.2, 0.25) is 5.82 Å². The molecular formula is C27H28N8OS. The van der Waals surface area contributed by atoms with Crippen LogP contribution in [0.2, 0.25) is 0 Å². The monoisotopic (exact) mass is 512 g/mol. The van der Waals surface area contributed by atoms with Gasteiger partial charge in [0.15, 0.2) is 0 Å². The SMILES string of the molecule is O=c1[nH]snc1NCc1ncc(-c2ccccc2)n1NCCCN(Cc1ccccc1)c1ccccn1. The quantitative estimate of drug-likeness (QED) is 0.214. The minimum absolute atomic E-state index is 0.229. The van der Waals surface area contributed by atoms with Crippen molar-refractivity contribution in [1.29, 1.82) is 0 Å². The third-order valence-corrected chi connectivity index (χ3v) is 6.42. The molecule has 0 fully saturated rings. The Morgan fingerprint density at radius 2 is 1.73 bits per heavy atom. The van der Waals surface area contributed by atoms with Crippen LogP contribution in [0.4, 0.5) is 11.6 Å². The van der Waals surface area contributed by atoms with Crippen molar-refractivity contribution in [2.45, 2.75) is 19.5 Å². The minimum atomic E-state index is -0.229. The summed E-state index contributed by atoms with van der Waals surface area (Å²) in [6.45, 7) is 2.70. The van der Waals surface area contributed by atoms with E-state index in [1.54, 1.807) is 0 Å². The van der Waals surface area contributed by atoms with E-state index in [1.165, 1.54) is 5.56 Å². The van der Waals surface area contributed by atoms with Gasteiger partial charge < -0.3 is 15.6 Å². The number of aromatic amines is 1. The summed E-state index contributed by atoms with van der Waals surface area (Å²) in [6.07, 6.45) is 4.56. The van der Waals surface area contributed by atoms with Gasteiger partial charge in [0.05, 0.1) is 18.4 Å². The zero-order valence-corrected chi connectivity index (χ0v) is 21.1. The van der Waals surface area contributed by atoms with Gasteiger partial charge in [-0.25, -0.2) is 14.6 Å². The molecule has 0 bridgehead atoms. The van der Waals surface area contributed by atoms with E-state index in [1.807, 2.05) is 59.5 Å². The Kier molecular flexibility index (Phi) is 7.87. The molecule has 9 nitrogen and oxygen atoms in total. The summed E-state index contributed by atoms with van der Waals surface area (Å²) < 4.78 is 8.66. The molecule has 0 atom stereocenters. The van der Waals surface area contributed by atoms with Crippen molar-refractivity contribution >= 4 is 23.4 Å². The highest BCUT2D eigenvalue weighted by atomic mass is 32.1. The number of nitrogens with zero attached hydrogens (tertiary/aromatic N) is 5. The van der Waals surface area contributed by atoms with Crippen molar-refractivity contribution in [3.8, 4) is 11.3 Å². The van der Waals surface area contributed by atoms with Gasteiger partial charge in [-0.05, 0) is 24.1 Å². The minimum Gasteiger partial charge on any atom is -0.357 e. The first-order chi connectivity index (χ1) is 18.3. The van der Waals surface area contributed by atoms with E-state index < -0.39 is 0 Å². The lowest BCUT2D eigenvalue weighted by atomic mass is 10.2. The van der Waals surface area contributed by atoms with Crippen LogP contribution in [0.1, 0.15) is 17.8 Å². The number of benzene rings is 2. The molecule has 10 heteroatoms. The molecule has 0 spiro atoms. The maximum absolute atomic E-state index is 11.9. The molecule has 37 heavy (non-hydrogen) atoms. The maximum atomic E-state index is 11.9. The van der Waals surface area contributed by atoms with Gasteiger partial charge in [0.1, 0.15) is 11.6 Å². The number of hydrogen-bond acceptors (Lipinski definition) is 8. The van der Waals surface area contributed by atoms with Gasteiger partial charge in [-0.3, -0.25) is 9.17 Å². The molecule has 0 unspecified atom stereocenters. The molecule has 0 amide bonds. The zero-order valence-electron chi connectivity index (χ0n) is 20.2. The number of H-pyrrole nitrogens is 1. The Morgan fingerprint density at radius 3 is 2.46 bits per heavy atom. The van der Waals surface area contributed by atoms with E-state index in [-0.39, 0.29) is 5.56 Å². The fourth-order valence-electron chi connectivity index (χ4n) is 4.06. The highest BCUT2D eigenvalue weighted by Gasteiger charge is 2.14. The number of aromatic nitrogens is 5. The summed E-state index contributed by atoms with van der Waals surface area (Å²) in [5, 5.41) is 3.09. The number of hydrogen-bond donors (Lipinski definition) is 3. The van der Waals surface area contributed by atoms with Crippen molar-refractivity contribution in [2.75, 3.05) is 28.7 Å². The topological polar surface area (TPSA) is 104 Å². The predicted octanol–water partition coefficient (Wildman–Crippen LogP) is 4.34. The Hall–Kier alpha value is -4.44. The highest BCUT2D eigenvalue weighted by Crippen LogP contribution is 2.20. The molecule has 0 saturated heterocycles. The average Bonchev–Trinajstić information content (AvgIpc) is 3.56. The molecular weight excluding hydrogens is 484 g/mol. The summed E-state index contributed by atoms with van der Waals surface area (Å²) in [5.74, 6) is 2.02. The molecule has 5 rings (SSSR count). The molecule has 188 valence electrons. The van der Waals surface area contributed by atoms with E-state index in [9.17, 15) is 4.79 Å². The Labute approximate surface area is 219 Å². The van der Waals surface area contributed by atoms with Crippen LogP contribution in [-0.2, 0) is 13.1 Å². The van der Waals surface area contributed by atoms with Crippen molar-refractivity contribution in [3.05, 3.63) is 113 Å². The van der Waals surface area contributed by atoms with Gasteiger partial charge in [-0.2, -0.15) is 4.37 Å². The summed E-state index contributed by atoms with van der Waals surface area (Å²) in [5.41, 5.74) is 6.56. The van der Waals surface area contributed by atoms with Crippen molar-refractivity contribution in [3.63, 3.8) is 0 Å². The number of nitrogens with one attached hydrogen (secondary N) is 3. The Bertz CT molecular complexity index is 1430. The first-order valence-electron chi connectivity index (χ1n) is 12.1. The predicted molar refractivity (Wildman–Crippen MR) is 148 cm³/mol.